The molecule has 0 unspecified atom stereocenters. The van der Waals surface area contributed by atoms with Crippen LogP contribution in [0.2, 0.25) is 0 Å². The predicted octanol–water partition coefficient (Wildman–Crippen LogP) is 3.24. The number of aromatic carboxylic acids is 1. The number of anilines is 1. The van der Waals surface area contributed by atoms with Crippen molar-refractivity contribution in [3.05, 3.63) is 65.2 Å². The lowest BCUT2D eigenvalue weighted by Crippen LogP contribution is -2.27. The van der Waals surface area contributed by atoms with E-state index in [9.17, 15) is 9.59 Å². The number of aromatic nitrogens is 4. The summed E-state index contributed by atoms with van der Waals surface area (Å²) in [4.78, 5) is 30.0. The van der Waals surface area contributed by atoms with E-state index in [-0.39, 0.29) is 17.0 Å². The van der Waals surface area contributed by atoms with Crippen molar-refractivity contribution in [2.24, 2.45) is 0 Å². The minimum Gasteiger partial charge on any atom is -0.476 e. The molecule has 1 N–H and O–H groups in total. The molecule has 0 fully saturated rings. The SMILES string of the molecule is Cc1ccc(C(=O)N(C)c2cncc(C(C)(C)C)c2)cc1-n1cc(C(=O)O)nn1. The zero-order valence-electron chi connectivity index (χ0n) is 17.0. The third-order valence-corrected chi connectivity index (χ3v) is 4.70. The second-order valence-electron chi connectivity index (χ2n) is 7.90. The highest BCUT2D eigenvalue weighted by atomic mass is 16.4. The van der Waals surface area contributed by atoms with Crippen molar-refractivity contribution in [2.75, 3.05) is 11.9 Å². The molecule has 2 heterocycles. The lowest BCUT2D eigenvalue weighted by molar-refractivity contribution is 0.0690. The number of nitrogens with zero attached hydrogens (tertiary/aromatic N) is 5. The predicted molar refractivity (Wildman–Crippen MR) is 109 cm³/mol. The summed E-state index contributed by atoms with van der Waals surface area (Å²) in [6, 6.07) is 7.15. The van der Waals surface area contributed by atoms with Gasteiger partial charge in [-0.1, -0.05) is 32.1 Å². The van der Waals surface area contributed by atoms with Crippen LogP contribution in [0.4, 0.5) is 5.69 Å². The maximum atomic E-state index is 13.1. The highest BCUT2D eigenvalue weighted by molar-refractivity contribution is 6.06. The van der Waals surface area contributed by atoms with Gasteiger partial charge in [0.25, 0.3) is 5.91 Å². The second kappa shape index (κ2) is 7.46. The van der Waals surface area contributed by atoms with Crippen LogP contribution in [0.1, 0.15) is 52.7 Å². The molecule has 8 heteroatoms. The Balaban J connectivity index is 1.94. The van der Waals surface area contributed by atoms with Crippen LogP contribution in [-0.2, 0) is 5.41 Å². The fraction of sp³-hybridized carbons (Fsp3) is 0.286. The van der Waals surface area contributed by atoms with Gasteiger partial charge in [-0.15, -0.1) is 5.10 Å². The Hall–Kier alpha value is -3.55. The number of benzene rings is 1. The molecular weight excluding hydrogens is 370 g/mol. The summed E-state index contributed by atoms with van der Waals surface area (Å²) in [6.07, 6.45) is 4.77. The highest BCUT2D eigenvalue weighted by Crippen LogP contribution is 2.26. The van der Waals surface area contributed by atoms with Crippen LogP contribution in [0, 0.1) is 6.92 Å². The maximum Gasteiger partial charge on any atom is 0.358 e. The molecule has 3 rings (SSSR count). The van der Waals surface area contributed by atoms with Crippen LogP contribution in [0.3, 0.4) is 0 Å². The van der Waals surface area contributed by atoms with Gasteiger partial charge in [-0.2, -0.15) is 0 Å². The van der Waals surface area contributed by atoms with E-state index in [4.69, 9.17) is 5.11 Å². The normalized spacial score (nSPS) is 11.3. The van der Waals surface area contributed by atoms with Gasteiger partial charge in [-0.05, 0) is 41.7 Å². The van der Waals surface area contributed by atoms with Crippen molar-refractivity contribution in [1.82, 2.24) is 20.0 Å². The summed E-state index contributed by atoms with van der Waals surface area (Å²) < 4.78 is 1.36. The lowest BCUT2D eigenvalue weighted by atomic mass is 9.88. The van der Waals surface area contributed by atoms with E-state index in [0.717, 1.165) is 11.1 Å². The molecular formula is C21H23N5O3. The van der Waals surface area contributed by atoms with Gasteiger partial charge in [0.1, 0.15) is 0 Å². The van der Waals surface area contributed by atoms with E-state index in [1.807, 2.05) is 13.0 Å². The zero-order chi connectivity index (χ0) is 21.3. The number of pyridine rings is 1. The number of amides is 1. The topological polar surface area (TPSA) is 101 Å². The third-order valence-electron chi connectivity index (χ3n) is 4.70. The summed E-state index contributed by atoms with van der Waals surface area (Å²) >= 11 is 0. The van der Waals surface area contributed by atoms with Crippen LogP contribution >= 0.6 is 0 Å². The van der Waals surface area contributed by atoms with Crippen LogP contribution in [-0.4, -0.2) is 44.0 Å². The van der Waals surface area contributed by atoms with Crippen molar-refractivity contribution in [3.8, 4) is 5.69 Å². The van der Waals surface area contributed by atoms with Gasteiger partial charge in [-0.25, -0.2) is 9.48 Å². The smallest absolute Gasteiger partial charge is 0.358 e. The van der Waals surface area contributed by atoms with E-state index in [1.165, 1.54) is 10.9 Å². The highest BCUT2D eigenvalue weighted by Gasteiger charge is 2.20. The molecule has 0 aliphatic rings. The van der Waals surface area contributed by atoms with E-state index < -0.39 is 5.97 Å². The molecule has 29 heavy (non-hydrogen) atoms. The third kappa shape index (κ3) is 4.16. The molecule has 0 saturated carbocycles. The molecule has 2 aromatic heterocycles. The van der Waals surface area contributed by atoms with Crippen molar-refractivity contribution in [1.29, 1.82) is 0 Å². The van der Waals surface area contributed by atoms with E-state index in [1.54, 1.807) is 42.5 Å². The van der Waals surface area contributed by atoms with Crippen LogP contribution in [0.5, 0.6) is 0 Å². The molecule has 1 aromatic carbocycles. The summed E-state index contributed by atoms with van der Waals surface area (Å²) in [7, 11) is 1.70. The quantitative estimate of drug-likeness (QED) is 0.730. The van der Waals surface area contributed by atoms with Gasteiger partial charge in [0.15, 0.2) is 5.69 Å². The fourth-order valence-electron chi connectivity index (χ4n) is 2.80. The largest absolute Gasteiger partial charge is 0.476 e. The van der Waals surface area contributed by atoms with E-state index in [2.05, 4.69) is 36.1 Å². The molecule has 0 bridgehead atoms. The molecule has 0 aliphatic carbocycles. The van der Waals surface area contributed by atoms with E-state index >= 15 is 0 Å². The monoisotopic (exact) mass is 393 g/mol. The minimum atomic E-state index is -1.16. The Labute approximate surface area is 168 Å². The molecule has 0 spiro atoms. The van der Waals surface area contributed by atoms with Gasteiger partial charge >= 0.3 is 5.97 Å². The van der Waals surface area contributed by atoms with Crippen LogP contribution < -0.4 is 4.90 Å². The summed E-state index contributed by atoms with van der Waals surface area (Å²) in [5.74, 6) is -1.37. The first-order valence-corrected chi connectivity index (χ1v) is 9.08. The first-order chi connectivity index (χ1) is 13.6. The minimum absolute atomic E-state index is 0.0845. The molecule has 150 valence electrons. The number of carbonyl (C=O) groups excluding carboxylic acids is 1. The van der Waals surface area contributed by atoms with E-state index in [0.29, 0.717) is 16.9 Å². The Kier molecular flexibility index (Phi) is 5.19. The zero-order valence-corrected chi connectivity index (χ0v) is 17.0. The van der Waals surface area contributed by atoms with Gasteiger partial charge in [0, 0.05) is 18.8 Å². The number of carboxylic acids is 1. The van der Waals surface area contributed by atoms with Crippen molar-refractivity contribution < 1.29 is 14.7 Å². The van der Waals surface area contributed by atoms with Crippen LogP contribution in [0.15, 0.2) is 42.9 Å². The number of rotatable bonds is 4. The van der Waals surface area contributed by atoms with Gasteiger partial charge in [0.2, 0.25) is 0 Å². The number of carboxylic acid groups (broad SMARTS) is 1. The van der Waals surface area contributed by atoms with Crippen molar-refractivity contribution in [3.63, 3.8) is 0 Å². The van der Waals surface area contributed by atoms with Crippen molar-refractivity contribution >= 4 is 17.6 Å². The average Bonchev–Trinajstić information content (AvgIpc) is 3.17. The lowest BCUT2D eigenvalue weighted by Gasteiger charge is -2.22. The van der Waals surface area contributed by atoms with Gasteiger partial charge in [0.05, 0.1) is 23.8 Å². The molecule has 3 aromatic rings. The maximum absolute atomic E-state index is 13.1. The number of hydrogen-bond donors (Lipinski definition) is 1. The first-order valence-electron chi connectivity index (χ1n) is 9.08. The molecule has 8 nitrogen and oxygen atoms in total. The number of hydrogen-bond acceptors (Lipinski definition) is 5. The summed E-state index contributed by atoms with van der Waals surface area (Å²) in [5, 5.41) is 16.5. The Morgan fingerprint density at radius 1 is 1.14 bits per heavy atom. The average molecular weight is 393 g/mol. The second-order valence-corrected chi connectivity index (χ2v) is 7.90. The van der Waals surface area contributed by atoms with Gasteiger partial charge in [-0.3, -0.25) is 9.78 Å². The van der Waals surface area contributed by atoms with Crippen molar-refractivity contribution in [2.45, 2.75) is 33.1 Å². The number of carbonyl (C=O) groups is 2. The first kappa shape index (κ1) is 20.2. The molecule has 0 aliphatic heterocycles. The molecule has 0 radical (unpaired) electrons. The Morgan fingerprint density at radius 2 is 1.86 bits per heavy atom. The summed E-state index contributed by atoms with van der Waals surface area (Å²) in [5.41, 5.74) is 3.35. The molecule has 0 saturated heterocycles. The number of aryl methyl sites for hydroxylation is 1. The fourth-order valence-corrected chi connectivity index (χ4v) is 2.80. The Bertz CT molecular complexity index is 1080. The standard InChI is InChI=1S/C21H23N5O3/c1-13-6-7-14(8-18(13)26-12-17(20(28)29)23-24-26)19(27)25(5)16-9-15(10-22-11-16)21(2,3)4/h6-12H,1-5H3,(H,28,29). The van der Waals surface area contributed by atoms with Gasteiger partial charge < -0.3 is 10.0 Å². The summed E-state index contributed by atoms with van der Waals surface area (Å²) in [6.45, 7) is 8.12. The van der Waals surface area contributed by atoms with Crippen LogP contribution in [0.25, 0.3) is 5.69 Å². The Morgan fingerprint density at radius 3 is 2.48 bits per heavy atom. The molecule has 0 atom stereocenters. The molecule has 1 amide bonds.